The number of likely N-dealkylation sites (N-methyl/N-ethyl adjacent to an activating group) is 1. The minimum Gasteiger partial charge on any atom is -0.481 e. The van der Waals surface area contributed by atoms with Crippen LogP contribution in [0.5, 0.6) is 5.88 Å². The highest BCUT2D eigenvalue weighted by atomic mass is 16.5. The fourth-order valence-electron chi connectivity index (χ4n) is 3.93. The van der Waals surface area contributed by atoms with Gasteiger partial charge in [0.2, 0.25) is 11.8 Å². The molecule has 1 saturated heterocycles. The normalized spacial score (nSPS) is 18.8. The van der Waals surface area contributed by atoms with E-state index in [2.05, 4.69) is 20.9 Å². The summed E-state index contributed by atoms with van der Waals surface area (Å²) in [4.78, 5) is 25.3. The molecule has 3 heterocycles. The van der Waals surface area contributed by atoms with E-state index in [1.807, 2.05) is 31.3 Å². The molecule has 0 atom stereocenters. The van der Waals surface area contributed by atoms with Crippen molar-refractivity contribution in [3.8, 4) is 5.88 Å². The molecule has 1 aromatic heterocycles. The highest BCUT2D eigenvalue weighted by Crippen LogP contribution is 2.47. The standard InChI is InChI=1S/C18H20N4O2/c1-21-14-6-4-3-5-13(14)18(17(21)23)7-9-22(10-8-18)15-11-16(24-2)20-12-19-15/h3-6,11-12H,7-10H2,1-2H3. The molecule has 1 aromatic carbocycles. The molecule has 124 valence electrons. The summed E-state index contributed by atoms with van der Waals surface area (Å²) in [5.41, 5.74) is 1.82. The number of ether oxygens (including phenoxy) is 1. The van der Waals surface area contributed by atoms with E-state index in [9.17, 15) is 4.79 Å². The Morgan fingerprint density at radius 1 is 1.17 bits per heavy atom. The van der Waals surface area contributed by atoms with Gasteiger partial charge in [-0.1, -0.05) is 18.2 Å². The van der Waals surface area contributed by atoms with Gasteiger partial charge >= 0.3 is 0 Å². The molecule has 1 fully saturated rings. The second-order valence-electron chi connectivity index (χ2n) is 6.37. The summed E-state index contributed by atoms with van der Waals surface area (Å²) in [7, 11) is 3.47. The Balaban J connectivity index is 1.61. The average molecular weight is 324 g/mol. The van der Waals surface area contributed by atoms with Crippen molar-refractivity contribution in [1.82, 2.24) is 9.97 Å². The first-order chi connectivity index (χ1) is 11.7. The summed E-state index contributed by atoms with van der Waals surface area (Å²) >= 11 is 0. The lowest BCUT2D eigenvalue weighted by Crippen LogP contribution is -2.48. The maximum atomic E-state index is 12.9. The van der Waals surface area contributed by atoms with Crippen LogP contribution in [-0.2, 0) is 10.2 Å². The Kier molecular flexibility index (Phi) is 3.40. The Labute approximate surface area is 141 Å². The zero-order valence-corrected chi connectivity index (χ0v) is 13.9. The molecule has 2 aliphatic heterocycles. The number of benzene rings is 1. The summed E-state index contributed by atoms with van der Waals surface area (Å²) in [6, 6.07) is 9.98. The number of para-hydroxylation sites is 1. The monoisotopic (exact) mass is 324 g/mol. The maximum Gasteiger partial charge on any atom is 0.237 e. The number of aromatic nitrogens is 2. The van der Waals surface area contributed by atoms with Crippen LogP contribution in [0.25, 0.3) is 0 Å². The number of hydrogen-bond acceptors (Lipinski definition) is 5. The van der Waals surface area contributed by atoms with Crippen LogP contribution in [0.3, 0.4) is 0 Å². The molecule has 6 heteroatoms. The first kappa shape index (κ1) is 14.9. The van der Waals surface area contributed by atoms with Gasteiger partial charge in [-0.15, -0.1) is 0 Å². The lowest BCUT2D eigenvalue weighted by atomic mass is 9.73. The molecule has 0 aliphatic carbocycles. The molecular formula is C18H20N4O2. The quantitative estimate of drug-likeness (QED) is 0.846. The molecule has 0 saturated carbocycles. The Bertz CT molecular complexity index is 784. The van der Waals surface area contributed by atoms with E-state index in [-0.39, 0.29) is 11.3 Å². The minimum atomic E-state index is -0.390. The van der Waals surface area contributed by atoms with Gasteiger partial charge in [-0.05, 0) is 24.5 Å². The number of fused-ring (bicyclic) bond motifs is 2. The highest BCUT2D eigenvalue weighted by molar-refractivity contribution is 6.07. The summed E-state index contributed by atoms with van der Waals surface area (Å²) in [5, 5.41) is 0. The van der Waals surface area contributed by atoms with Crippen molar-refractivity contribution in [2.45, 2.75) is 18.3 Å². The van der Waals surface area contributed by atoms with Crippen molar-refractivity contribution in [1.29, 1.82) is 0 Å². The van der Waals surface area contributed by atoms with Crippen LogP contribution in [0.2, 0.25) is 0 Å². The number of anilines is 2. The first-order valence-electron chi connectivity index (χ1n) is 8.14. The third-order valence-electron chi connectivity index (χ3n) is 5.27. The molecule has 1 spiro atoms. The van der Waals surface area contributed by atoms with Crippen molar-refractivity contribution in [3.05, 3.63) is 42.2 Å². The zero-order valence-electron chi connectivity index (χ0n) is 13.9. The molecule has 24 heavy (non-hydrogen) atoms. The van der Waals surface area contributed by atoms with E-state index in [1.54, 1.807) is 12.0 Å². The van der Waals surface area contributed by atoms with Crippen LogP contribution in [0.4, 0.5) is 11.5 Å². The molecule has 0 radical (unpaired) electrons. The van der Waals surface area contributed by atoms with E-state index in [4.69, 9.17) is 4.74 Å². The van der Waals surface area contributed by atoms with Gasteiger partial charge in [-0.2, -0.15) is 0 Å². The third kappa shape index (κ3) is 2.06. The van der Waals surface area contributed by atoms with Gasteiger partial charge in [0.05, 0.1) is 12.5 Å². The number of methoxy groups -OCH3 is 1. The van der Waals surface area contributed by atoms with Gasteiger partial charge in [0, 0.05) is 31.9 Å². The van der Waals surface area contributed by atoms with E-state index in [0.29, 0.717) is 5.88 Å². The minimum absolute atomic E-state index is 0.212. The van der Waals surface area contributed by atoms with Gasteiger partial charge in [0.1, 0.15) is 12.1 Å². The lowest BCUT2D eigenvalue weighted by molar-refractivity contribution is -0.123. The Hall–Kier alpha value is -2.63. The van der Waals surface area contributed by atoms with Crippen molar-refractivity contribution in [2.75, 3.05) is 37.0 Å². The summed E-state index contributed by atoms with van der Waals surface area (Å²) < 4.78 is 5.18. The van der Waals surface area contributed by atoms with E-state index in [1.165, 1.54) is 6.33 Å². The summed E-state index contributed by atoms with van der Waals surface area (Å²) in [6.07, 6.45) is 3.10. The lowest BCUT2D eigenvalue weighted by Gasteiger charge is -2.38. The second-order valence-corrected chi connectivity index (χ2v) is 6.37. The van der Waals surface area contributed by atoms with Crippen LogP contribution in [0.15, 0.2) is 36.7 Å². The number of carbonyl (C=O) groups is 1. The van der Waals surface area contributed by atoms with Crippen LogP contribution >= 0.6 is 0 Å². The molecule has 2 aliphatic rings. The molecule has 0 N–H and O–H groups in total. The van der Waals surface area contributed by atoms with Crippen molar-refractivity contribution in [3.63, 3.8) is 0 Å². The number of hydrogen-bond donors (Lipinski definition) is 0. The molecule has 0 bridgehead atoms. The first-order valence-corrected chi connectivity index (χ1v) is 8.14. The van der Waals surface area contributed by atoms with Gasteiger partial charge in [-0.3, -0.25) is 4.79 Å². The molecule has 4 rings (SSSR count). The van der Waals surface area contributed by atoms with E-state index >= 15 is 0 Å². The fraction of sp³-hybridized carbons (Fsp3) is 0.389. The maximum absolute atomic E-state index is 12.9. The van der Waals surface area contributed by atoms with E-state index in [0.717, 1.165) is 43.0 Å². The Morgan fingerprint density at radius 2 is 1.92 bits per heavy atom. The van der Waals surface area contributed by atoms with Gasteiger partial charge < -0.3 is 14.5 Å². The smallest absolute Gasteiger partial charge is 0.237 e. The average Bonchev–Trinajstić information content (AvgIpc) is 2.85. The molecule has 0 unspecified atom stereocenters. The van der Waals surface area contributed by atoms with Crippen LogP contribution in [-0.4, -0.2) is 43.1 Å². The zero-order chi connectivity index (χ0) is 16.7. The topological polar surface area (TPSA) is 58.6 Å². The van der Waals surface area contributed by atoms with Crippen LogP contribution < -0.4 is 14.5 Å². The van der Waals surface area contributed by atoms with Gasteiger partial charge in [0.15, 0.2) is 0 Å². The second kappa shape index (κ2) is 5.47. The predicted molar refractivity (Wildman–Crippen MR) is 91.6 cm³/mol. The third-order valence-corrected chi connectivity index (χ3v) is 5.27. The van der Waals surface area contributed by atoms with Crippen molar-refractivity contribution >= 4 is 17.4 Å². The number of amides is 1. The van der Waals surface area contributed by atoms with Crippen molar-refractivity contribution in [2.24, 2.45) is 0 Å². The molecule has 2 aromatic rings. The number of rotatable bonds is 2. The highest BCUT2D eigenvalue weighted by Gasteiger charge is 2.50. The Morgan fingerprint density at radius 3 is 2.67 bits per heavy atom. The van der Waals surface area contributed by atoms with Crippen molar-refractivity contribution < 1.29 is 9.53 Å². The number of nitrogens with zero attached hydrogens (tertiary/aromatic N) is 4. The van der Waals surface area contributed by atoms with E-state index < -0.39 is 0 Å². The molecule has 1 amide bonds. The largest absolute Gasteiger partial charge is 0.481 e. The van der Waals surface area contributed by atoms with Gasteiger partial charge in [-0.25, -0.2) is 9.97 Å². The molecule has 6 nitrogen and oxygen atoms in total. The SMILES string of the molecule is COc1cc(N2CCC3(CC2)C(=O)N(C)c2ccccc23)ncn1. The predicted octanol–water partition coefficient (Wildman–Crippen LogP) is 2.00. The van der Waals surface area contributed by atoms with Crippen LogP contribution in [0, 0.1) is 0 Å². The summed E-state index contributed by atoms with van der Waals surface area (Å²) in [5.74, 6) is 1.62. The van der Waals surface area contributed by atoms with Gasteiger partial charge in [0.25, 0.3) is 0 Å². The fourth-order valence-corrected chi connectivity index (χ4v) is 3.93. The molecular weight excluding hydrogens is 304 g/mol. The summed E-state index contributed by atoms with van der Waals surface area (Å²) in [6.45, 7) is 1.57. The number of carbonyl (C=O) groups excluding carboxylic acids is 1. The van der Waals surface area contributed by atoms with Crippen LogP contribution in [0.1, 0.15) is 18.4 Å². The number of piperidine rings is 1.